The molecule has 1 saturated heterocycles. The molecule has 2 N–H and O–H groups in total. The van der Waals surface area contributed by atoms with Gasteiger partial charge in [0.25, 0.3) is 0 Å². The molecule has 0 amide bonds. The lowest BCUT2D eigenvalue weighted by Crippen LogP contribution is -2.37. The molecule has 1 aromatic rings. The van der Waals surface area contributed by atoms with E-state index in [1.54, 1.807) is 7.05 Å². The van der Waals surface area contributed by atoms with Crippen molar-refractivity contribution in [3.63, 3.8) is 0 Å². The Kier molecular flexibility index (Phi) is 7.54. The van der Waals surface area contributed by atoms with Gasteiger partial charge in [-0.1, -0.05) is 23.7 Å². The third kappa shape index (κ3) is 6.24. The minimum absolute atomic E-state index is 0.730. The molecule has 0 atom stereocenters. The molecule has 0 spiro atoms. The quantitative estimate of drug-likeness (QED) is 0.460. The minimum Gasteiger partial charge on any atom is -0.356 e. The van der Waals surface area contributed by atoms with Gasteiger partial charge in [-0.3, -0.25) is 4.99 Å². The maximum Gasteiger partial charge on any atom is 0.191 e. The number of rotatable bonds is 7. The average molecular weight is 323 g/mol. The summed E-state index contributed by atoms with van der Waals surface area (Å²) in [7, 11) is 1.80. The van der Waals surface area contributed by atoms with Crippen LogP contribution in [0.2, 0.25) is 5.02 Å². The van der Waals surface area contributed by atoms with E-state index in [0.717, 1.165) is 29.6 Å². The van der Waals surface area contributed by atoms with Crippen LogP contribution in [0.3, 0.4) is 0 Å². The summed E-state index contributed by atoms with van der Waals surface area (Å²) in [5.74, 6) is 0.848. The van der Waals surface area contributed by atoms with Crippen LogP contribution in [-0.2, 0) is 6.54 Å². The first-order chi connectivity index (χ1) is 10.8. The van der Waals surface area contributed by atoms with E-state index in [0.29, 0.717) is 0 Å². The van der Waals surface area contributed by atoms with Gasteiger partial charge in [-0.05, 0) is 63.0 Å². The Morgan fingerprint density at radius 2 is 2.05 bits per heavy atom. The third-order valence-corrected chi connectivity index (χ3v) is 4.20. The number of hydrogen-bond donors (Lipinski definition) is 2. The number of unbranched alkanes of at least 4 members (excludes halogenated alkanes) is 1. The van der Waals surface area contributed by atoms with Crippen LogP contribution in [0.1, 0.15) is 31.2 Å². The molecule has 1 heterocycles. The van der Waals surface area contributed by atoms with E-state index >= 15 is 0 Å². The molecule has 122 valence electrons. The lowest BCUT2D eigenvalue weighted by Gasteiger charge is -2.15. The fourth-order valence-electron chi connectivity index (χ4n) is 2.73. The molecule has 5 heteroatoms. The summed E-state index contributed by atoms with van der Waals surface area (Å²) >= 11 is 5.99. The first kappa shape index (κ1) is 17.1. The molecule has 2 rings (SSSR count). The fraction of sp³-hybridized carbons (Fsp3) is 0.588. The van der Waals surface area contributed by atoms with Crippen molar-refractivity contribution in [3.8, 4) is 0 Å². The molecule has 22 heavy (non-hydrogen) atoms. The Morgan fingerprint density at radius 1 is 1.23 bits per heavy atom. The highest BCUT2D eigenvalue weighted by Crippen LogP contribution is 2.10. The molecule has 1 aliphatic rings. The van der Waals surface area contributed by atoms with E-state index in [4.69, 9.17) is 11.6 Å². The number of nitrogens with zero attached hydrogens (tertiary/aromatic N) is 2. The number of benzene rings is 1. The van der Waals surface area contributed by atoms with Gasteiger partial charge in [0, 0.05) is 25.2 Å². The highest BCUT2D eigenvalue weighted by molar-refractivity contribution is 6.30. The highest BCUT2D eigenvalue weighted by Gasteiger charge is 2.09. The van der Waals surface area contributed by atoms with Crippen LogP contribution in [0, 0.1) is 0 Å². The van der Waals surface area contributed by atoms with Crippen LogP contribution in [0.15, 0.2) is 29.3 Å². The Hall–Kier alpha value is -1.26. The smallest absolute Gasteiger partial charge is 0.191 e. The van der Waals surface area contributed by atoms with E-state index in [1.807, 2.05) is 18.2 Å². The summed E-state index contributed by atoms with van der Waals surface area (Å²) in [4.78, 5) is 6.81. The molecule has 4 nitrogen and oxygen atoms in total. The van der Waals surface area contributed by atoms with Crippen molar-refractivity contribution >= 4 is 17.6 Å². The molecular formula is C17H27ClN4. The van der Waals surface area contributed by atoms with E-state index in [2.05, 4.69) is 26.6 Å². The largest absolute Gasteiger partial charge is 0.356 e. The van der Waals surface area contributed by atoms with Crippen molar-refractivity contribution in [1.82, 2.24) is 15.5 Å². The Balaban J connectivity index is 1.58. The highest BCUT2D eigenvalue weighted by atomic mass is 35.5. The third-order valence-electron chi connectivity index (χ3n) is 3.96. The molecule has 0 unspecified atom stereocenters. The number of nitrogens with one attached hydrogen (secondary N) is 2. The lowest BCUT2D eigenvalue weighted by molar-refractivity contribution is 0.330. The van der Waals surface area contributed by atoms with Crippen molar-refractivity contribution < 1.29 is 0 Å². The summed E-state index contributed by atoms with van der Waals surface area (Å²) in [6.07, 6.45) is 5.17. The minimum atomic E-state index is 0.730. The zero-order chi connectivity index (χ0) is 15.6. The first-order valence-corrected chi connectivity index (χ1v) is 8.57. The van der Waals surface area contributed by atoms with Crippen molar-refractivity contribution in [3.05, 3.63) is 34.9 Å². The van der Waals surface area contributed by atoms with E-state index < -0.39 is 0 Å². The predicted octanol–water partition coefficient (Wildman–Crippen LogP) is 2.88. The molecule has 0 bridgehead atoms. The second-order valence-electron chi connectivity index (χ2n) is 5.74. The SMILES string of the molecule is CN=C(NCCCCN1CCCC1)NCc1cccc(Cl)c1. The summed E-state index contributed by atoms with van der Waals surface area (Å²) in [6.45, 7) is 5.50. The second-order valence-corrected chi connectivity index (χ2v) is 6.17. The van der Waals surface area contributed by atoms with Gasteiger partial charge in [-0.15, -0.1) is 0 Å². The number of likely N-dealkylation sites (tertiary alicyclic amines) is 1. The van der Waals surface area contributed by atoms with Crippen molar-refractivity contribution in [2.45, 2.75) is 32.2 Å². The molecule has 1 aliphatic heterocycles. The van der Waals surface area contributed by atoms with Crippen LogP contribution in [0.4, 0.5) is 0 Å². The average Bonchev–Trinajstić information content (AvgIpc) is 3.03. The predicted molar refractivity (Wildman–Crippen MR) is 94.6 cm³/mol. The Morgan fingerprint density at radius 3 is 2.77 bits per heavy atom. The van der Waals surface area contributed by atoms with E-state index in [-0.39, 0.29) is 0 Å². The number of guanidine groups is 1. The van der Waals surface area contributed by atoms with Gasteiger partial charge in [0.05, 0.1) is 0 Å². The van der Waals surface area contributed by atoms with Crippen molar-refractivity contribution in [2.75, 3.05) is 33.2 Å². The maximum atomic E-state index is 5.99. The van der Waals surface area contributed by atoms with Gasteiger partial charge in [0.15, 0.2) is 5.96 Å². The summed E-state index contributed by atoms with van der Waals surface area (Å²) in [6, 6.07) is 7.88. The van der Waals surface area contributed by atoms with E-state index in [9.17, 15) is 0 Å². The van der Waals surface area contributed by atoms with Crippen molar-refractivity contribution in [2.24, 2.45) is 4.99 Å². The molecule has 0 aromatic heterocycles. The molecule has 0 radical (unpaired) electrons. The lowest BCUT2D eigenvalue weighted by atomic mass is 10.2. The van der Waals surface area contributed by atoms with Crippen LogP contribution in [0.25, 0.3) is 0 Å². The van der Waals surface area contributed by atoms with Crippen LogP contribution >= 0.6 is 11.6 Å². The monoisotopic (exact) mass is 322 g/mol. The van der Waals surface area contributed by atoms with Gasteiger partial charge in [-0.2, -0.15) is 0 Å². The van der Waals surface area contributed by atoms with Gasteiger partial charge >= 0.3 is 0 Å². The molecular weight excluding hydrogens is 296 g/mol. The molecule has 1 aromatic carbocycles. The van der Waals surface area contributed by atoms with E-state index in [1.165, 1.54) is 45.3 Å². The van der Waals surface area contributed by atoms with Gasteiger partial charge in [0.1, 0.15) is 0 Å². The summed E-state index contributed by atoms with van der Waals surface area (Å²) in [5.41, 5.74) is 1.16. The standard InChI is InChI=1S/C17H27ClN4/c1-19-17(21-14-15-7-6-8-16(18)13-15)20-9-2-3-10-22-11-4-5-12-22/h6-8,13H,2-5,9-12,14H2,1H3,(H2,19,20,21). The molecule has 1 fully saturated rings. The summed E-state index contributed by atoms with van der Waals surface area (Å²) in [5, 5.41) is 7.45. The molecule has 0 saturated carbocycles. The number of halogens is 1. The zero-order valence-electron chi connectivity index (χ0n) is 13.4. The zero-order valence-corrected chi connectivity index (χ0v) is 14.2. The first-order valence-electron chi connectivity index (χ1n) is 8.19. The molecule has 0 aliphatic carbocycles. The van der Waals surface area contributed by atoms with Crippen LogP contribution in [0.5, 0.6) is 0 Å². The van der Waals surface area contributed by atoms with Crippen LogP contribution in [-0.4, -0.2) is 44.1 Å². The number of aliphatic imine (C=N–C) groups is 1. The second kappa shape index (κ2) is 9.70. The van der Waals surface area contributed by atoms with Crippen LogP contribution < -0.4 is 10.6 Å². The van der Waals surface area contributed by atoms with Gasteiger partial charge in [-0.25, -0.2) is 0 Å². The van der Waals surface area contributed by atoms with Gasteiger partial charge < -0.3 is 15.5 Å². The maximum absolute atomic E-state index is 5.99. The topological polar surface area (TPSA) is 39.7 Å². The fourth-order valence-corrected chi connectivity index (χ4v) is 2.94. The van der Waals surface area contributed by atoms with Gasteiger partial charge in [0.2, 0.25) is 0 Å². The van der Waals surface area contributed by atoms with Crippen molar-refractivity contribution in [1.29, 1.82) is 0 Å². The Bertz CT molecular complexity index is 469. The normalized spacial score (nSPS) is 16.0. The number of hydrogen-bond acceptors (Lipinski definition) is 2. The Labute approximate surface area is 138 Å². The summed E-state index contributed by atoms with van der Waals surface area (Å²) < 4.78 is 0.